The second kappa shape index (κ2) is 8.84. The minimum atomic E-state index is 0.0680. The Morgan fingerprint density at radius 2 is 0.800 bits per heavy atom. The van der Waals surface area contributed by atoms with E-state index in [4.69, 9.17) is 0 Å². The van der Waals surface area contributed by atoms with E-state index in [9.17, 15) is 0 Å². The van der Waals surface area contributed by atoms with Gasteiger partial charge in [0.2, 0.25) is 0 Å². The molecule has 2 aliphatic heterocycles. The fraction of sp³-hybridized carbons (Fsp3) is 0. The van der Waals surface area contributed by atoms with Crippen LogP contribution in [0.4, 0.5) is 0 Å². The lowest BCUT2D eigenvalue weighted by atomic mass is 9.34. The zero-order valence-electron chi connectivity index (χ0n) is 26.7. The summed E-state index contributed by atoms with van der Waals surface area (Å²) in [6.07, 6.45) is 0. The summed E-state index contributed by atoms with van der Waals surface area (Å²) in [7, 11) is 0. The SMILES string of the molecule is Brc1cc2c3c(c1)-n1c4ccc5ccccc5c4c4c5ccccc5cc(c41)B3c1cc3ccccc3c3c4c5ccccc5ccc4n-2c13. The van der Waals surface area contributed by atoms with Gasteiger partial charge in [-0.05, 0) is 83.7 Å². The standard InChI is InChI=1S/C46H24BBrN2/c48-29-23-38-44-39(24-29)50-37-20-18-26-10-2-6-14-31(26)41(37)43-33-16-8-4-12-28(33)22-35(46(43)50)47(44)34-21-27-11-3-7-15-32(27)42-40-30-13-5-1-9-25(30)17-19-36(40)49(38)45(34)42/h1-24H. The lowest BCUT2D eigenvalue weighted by molar-refractivity contribution is 1.14. The number of fused-ring (bicyclic) bond motifs is 18. The van der Waals surface area contributed by atoms with Crippen molar-refractivity contribution in [3.05, 3.63) is 150 Å². The quantitative estimate of drug-likeness (QED) is 0.140. The molecule has 50 heavy (non-hydrogen) atoms. The number of nitrogens with zero attached hydrogens (tertiary/aromatic N) is 2. The smallest absolute Gasteiger partial charge is 0.252 e. The number of halogens is 1. The maximum atomic E-state index is 4.04. The Balaban J connectivity index is 1.33. The molecule has 0 unspecified atom stereocenters. The van der Waals surface area contributed by atoms with Gasteiger partial charge in [-0.2, -0.15) is 0 Å². The van der Waals surface area contributed by atoms with Crippen LogP contribution in [0.5, 0.6) is 0 Å². The van der Waals surface area contributed by atoms with Crippen LogP contribution >= 0.6 is 15.9 Å². The minimum Gasteiger partial charge on any atom is -0.310 e. The van der Waals surface area contributed by atoms with Crippen LogP contribution in [0.1, 0.15) is 0 Å². The Hall–Kier alpha value is -5.84. The van der Waals surface area contributed by atoms with Crippen molar-refractivity contribution in [2.75, 3.05) is 0 Å². The Kier molecular flexibility index (Phi) is 4.61. The Morgan fingerprint density at radius 3 is 1.26 bits per heavy atom. The van der Waals surface area contributed by atoms with Gasteiger partial charge in [-0.25, -0.2) is 0 Å². The second-order valence-electron chi connectivity index (χ2n) is 14.1. The summed E-state index contributed by atoms with van der Waals surface area (Å²) in [6.45, 7) is 0.0680. The highest BCUT2D eigenvalue weighted by Gasteiger charge is 2.42. The molecule has 2 nitrogen and oxygen atoms in total. The summed E-state index contributed by atoms with van der Waals surface area (Å²) in [6, 6.07) is 54.8. The molecule has 0 amide bonds. The maximum Gasteiger partial charge on any atom is 0.252 e. The van der Waals surface area contributed by atoms with Gasteiger partial charge >= 0.3 is 0 Å². The predicted octanol–water partition coefficient (Wildman–Crippen LogP) is 10.4. The molecule has 0 fully saturated rings. The van der Waals surface area contributed by atoms with Gasteiger partial charge in [-0.15, -0.1) is 0 Å². The molecule has 13 rings (SSSR count). The molecule has 4 heterocycles. The number of hydrogen-bond donors (Lipinski definition) is 0. The zero-order chi connectivity index (χ0) is 32.4. The van der Waals surface area contributed by atoms with Crippen LogP contribution < -0.4 is 16.4 Å². The van der Waals surface area contributed by atoms with Crippen molar-refractivity contribution in [3.8, 4) is 11.4 Å². The van der Waals surface area contributed by atoms with Gasteiger partial charge in [-0.3, -0.25) is 0 Å². The predicted molar refractivity (Wildman–Crippen MR) is 217 cm³/mol. The molecule has 0 bridgehead atoms. The molecule has 4 heteroatoms. The van der Waals surface area contributed by atoms with E-state index in [1.54, 1.807) is 0 Å². The van der Waals surface area contributed by atoms with Crippen LogP contribution in [0.25, 0.3) is 98.1 Å². The first-order valence-electron chi connectivity index (χ1n) is 17.3. The van der Waals surface area contributed by atoms with E-state index >= 15 is 0 Å². The molecule has 0 spiro atoms. The molecule has 228 valence electrons. The summed E-state index contributed by atoms with van der Waals surface area (Å²) in [5.74, 6) is 0. The second-order valence-corrected chi connectivity index (χ2v) is 15.1. The molecule has 0 saturated heterocycles. The molecular formula is C46H24BBrN2. The summed E-state index contributed by atoms with van der Waals surface area (Å²) < 4.78 is 6.26. The Bertz CT molecular complexity index is 3180. The minimum absolute atomic E-state index is 0.0680. The molecule has 0 atom stereocenters. The third-order valence-corrected chi connectivity index (χ3v) is 12.3. The van der Waals surface area contributed by atoms with Gasteiger partial charge in [-0.1, -0.05) is 137 Å². The van der Waals surface area contributed by atoms with Crippen LogP contribution in [0.2, 0.25) is 0 Å². The van der Waals surface area contributed by atoms with Gasteiger partial charge in [0, 0.05) is 37.4 Å². The molecule has 2 aromatic heterocycles. The number of hydrogen-bond acceptors (Lipinski definition) is 0. The average Bonchev–Trinajstić information content (AvgIpc) is 3.71. The fourth-order valence-corrected chi connectivity index (χ4v) is 10.5. The van der Waals surface area contributed by atoms with Crippen LogP contribution in [0.15, 0.2) is 150 Å². The highest BCUT2D eigenvalue weighted by molar-refractivity contribution is 9.10. The molecular weight excluding hydrogens is 671 g/mol. The lowest BCUT2D eigenvalue weighted by Gasteiger charge is -2.34. The Labute approximate surface area is 295 Å². The van der Waals surface area contributed by atoms with E-state index in [0.717, 1.165) is 4.47 Å². The van der Waals surface area contributed by atoms with Crippen molar-refractivity contribution >= 4 is 126 Å². The molecule has 0 saturated carbocycles. The fourth-order valence-electron chi connectivity index (χ4n) is 10.0. The summed E-state index contributed by atoms with van der Waals surface area (Å²) >= 11 is 4.04. The van der Waals surface area contributed by atoms with Gasteiger partial charge in [0.05, 0.1) is 22.1 Å². The molecule has 9 aromatic carbocycles. The third-order valence-electron chi connectivity index (χ3n) is 11.8. The number of rotatable bonds is 0. The summed E-state index contributed by atoms with van der Waals surface area (Å²) in [4.78, 5) is 0. The van der Waals surface area contributed by atoms with Crippen LogP contribution in [-0.2, 0) is 0 Å². The Morgan fingerprint density at radius 1 is 0.400 bits per heavy atom. The van der Waals surface area contributed by atoms with Crippen molar-refractivity contribution in [1.82, 2.24) is 9.13 Å². The monoisotopic (exact) mass is 694 g/mol. The van der Waals surface area contributed by atoms with Gasteiger partial charge in [0.1, 0.15) is 0 Å². The van der Waals surface area contributed by atoms with Crippen LogP contribution in [0.3, 0.4) is 0 Å². The van der Waals surface area contributed by atoms with Crippen molar-refractivity contribution in [2.24, 2.45) is 0 Å². The zero-order valence-corrected chi connectivity index (χ0v) is 28.3. The van der Waals surface area contributed by atoms with E-state index in [2.05, 4.69) is 171 Å². The first-order chi connectivity index (χ1) is 24.7. The molecule has 2 aliphatic rings. The number of benzene rings is 9. The lowest BCUT2D eigenvalue weighted by Crippen LogP contribution is -2.59. The topological polar surface area (TPSA) is 9.86 Å². The first-order valence-corrected chi connectivity index (χ1v) is 18.1. The highest BCUT2D eigenvalue weighted by atomic mass is 79.9. The highest BCUT2D eigenvalue weighted by Crippen LogP contribution is 2.46. The van der Waals surface area contributed by atoms with Crippen LogP contribution in [0, 0.1) is 0 Å². The van der Waals surface area contributed by atoms with E-state index < -0.39 is 0 Å². The van der Waals surface area contributed by atoms with Crippen molar-refractivity contribution in [1.29, 1.82) is 0 Å². The first kappa shape index (κ1) is 26.1. The van der Waals surface area contributed by atoms with Gasteiger partial charge in [0.25, 0.3) is 6.71 Å². The van der Waals surface area contributed by atoms with Crippen LogP contribution in [-0.4, -0.2) is 15.8 Å². The van der Waals surface area contributed by atoms with Crippen molar-refractivity contribution in [2.45, 2.75) is 0 Å². The van der Waals surface area contributed by atoms with E-state index in [0.29, 0.717) is 0 Å². The summed E-state index contributed by atoms with van der Waals surface area (Å²) in [5, 5.41) is 15.7. The van der Waals surface area contributed by atoms with E-state index in [1.165, 1.54) is 114 Å². The van der Waals surface area contributed by atoms with E-state index in [-0.39, 0.29) is 6.71 Å². The largest absolute Gasteiger partial charge is 0.310 e. The summed E-state index contributed by atoms with van der Waals surface area (Å²) in [5.41, 5.74) is 11.8. The van der Waals surface area contributed by atoms with E-state index in [1.807, 2.05) is 0 Å². The molecule has 0 aliphatic carbocycles. The molecule has 11 aromatic rings. The maximum absolute atomic E-state index is 4.04. The normalized spacial score (nSPS) is 13.3. The molecule has 0 N–H and O–H groups in total. The molecule has 0 radical (unpaired) electrons. The van der Waals surface area contributed by atoms with Gasteiger partial charge in [0.15, 0.2) is 0 Å². The number of aromatic nitrogens is 2. The van der Waals surface area contributed by atoms with Crippen molar-refractivity contribution in [3.63, 3.8) is 0 Å². The average molecular weight is 695 g/mol. The van der Waals surface area contributed by atoms with Gasteiger partial charge < -0.3 is 9.13 Å². The van der Waals surface area contributed by atoms with Crippen molar-refractivity contribution < 1.29 is 0 Å². The third kappa shape index (κ3) is 2.93.